The van der Waals surface area contributed by atoms with Gasteiger partial charge in [-0.3, -0.25) is 0 Å². The van der Waals surface area contributed by atoms with E-state index in [-0.39, 0.29) is 24.5 Å². The van der Waals surface area contributed by atoms with Crippen LogP contribution in [0.1, 0.15) is 34.7 Å². The van der Waals surface area contributed by atoms with Crippen LogP contribution in [0.2, 0.25) is 0 Å². The molecule has 28 heavy (non-hydrogen) atoms. The zero-order valence-corrected chi connectivity index (χ0v) is 16.0. The molecule has 7 heteroatoms. The molecule has 0 saturated carbocycles. The van der Waals surface area contributed by atoms with Gasteiger partial charge in [0.05, 0.1) is 31.6 Å². The Balaban J connectivity index is 2.14. The first kappa shape index (κ1) is 19.3. The predicted molar refractivity (Wildman–Crippen MR) is 104 cm³/mol. The van der Waals surface area contributed by atoms with E-state index in [4.69, 9.17) is 14.2 Å². The number of aromatic amines is 1. The molecule has 0 saturated heterocycles. The molecular formula is C21H22N2O5. The van der Waals surface area contributed by atoms with Gasteiger partial charge >= 0.3 is 11.9 Å². The molecule has 0 aliphatic heterocycles. The monoisotopic (exact) mass is 382 g/mol. The number of ether oxygens (including phenoxy) is 3. The number of nitrogens with one attached hydrogen (secondary N) is 1. The normalized spacial score (nSPS) is 10.5. The Labute approximate surface area is 162 Å². The number of nitrogens with zero attached hydrogens (tertiary/aromatic N) is 1. The number of H-pyrrole nitrogens is 1. The summed E-state index contributed by atoms with van der Waals surface area (Å²) in [7, 11) is 1.60. The van der Waals surface area contributed by atoms with E-state index in [2.05, 4.69) is 4.98 Å². The van der Waals surface area contributed by atoms with Crippen LogP contribution in [-0.2, 0) is 9.47 Å². The van der Waals surface area contributed by atoms with E-state index in [1.807, 2.05) is 47.2 Å². The molecule has 1 N–H and O–H groups in total. The van der Waals surface area contributed by atoms with Crippen LogP contribution in [0.5, 0.6) is 5.75 Å². The number of carbonyl (C=O) groups is 2. The quantitative estimate of drug-likeness (QED) is 0.628. The Morgan fingerprint density at radius 3 is 2.32 bits per heavy atom. The van der Waals surface area contributed by atoms with Gasteiger partial charge in [-0.25, -0.2) is 9.59 Å². The van der Waals surface area contributed by atoms with Gasteiger partial charge < -0.3 is 23.8 Å². The summed E-state index contributed by atoms with van der Waals surface area (Å²) in [5.41, 5.74) is 2.44. The molecular weight excluding hydrogens is 360 g/mol. The standard InChI is InChI=1S/C21H22N2O5/c1-4-27-20(24)16-13-22-19(21(25)28-5-2)18(16)17-7-6-12-23(17)14-8-10-15(26-3)11-9-14/h6-13,22H,4-5H2,1-3H3. The van der Waals surface area contributed by atoms with Crippen LogP contribution >= 0.6 is 0 Å². The van der Waals surface area contributed by atoms with Gasteiger partial charge in [0.1, 0.15) is 11.4 Å². The molecule has 3 aromatic rings. The molecule has 0 radical (unpaired) electrons. The molecule has 3 rings (SSSR count). The summed E-state index contributed by atoms with van der Waals surface area (Å²) >= 11 is 0. The summed E-state index contributed by atoms with van der Waals surface area (Å²) in [6.45, 7) is 3.92. The van der Waals surface area contributed by atoms with E-state index >= 15 is 0 Å². The summed E-state index contributed by atoms with van der Waals surface area (Å²) in [6.07, 6.45) is 3.33. The third kappa shape index (κ3) is 3.64. The zero-order chi connectivity index (χ0) is 20.1. The van der Waals surface area contributed by atoms with Crippen molar-refractivity contribution in [2.24, 2.45) is 0 Å². The second-order valence-electron chi connectivity index (χ2n) is 5.85. The average molecular weight is 382 g/mol. The fraction of sp³-hybridized carbons (Fsp3) is 0.238. The lowest BCUT2D eigenvalue weighted by Gasteiger charge is -2.12. The van der Waals surface area contributed by atoms with Crippen LogP contribution in [0.15, 0.2) is 48.8 Å². The van der Waals surface area contributed by atoms with E-state index < -0.39 is 11.9 Å². The number of esters is 2. The summed E-state index contributed by atoms with van der Waals surface area (Å²) in [5, 5.41) is 0. The number of aromatic nitrogens is 2. The first-order valence-electron chi connectivity index (χ1n) is 8.98. The van der Waals surface area contributed by atoms with Crippen molar-refractivity contribution in [1.82, 2.24) is 9.55 Å². The third-order valence-electron chi connectivity index (χ3n) is 4.21. The average Bonchev–Trinajstić information content (AvgIpc) is 3.35. The second kappa shape index (κ2) is 8.47. The highest BCUT2D eigenvalue weighted by molar-refractivity contribution is 6.05. The van der Waals surface area contributed by atoms with Gasteiger partial charge in [0.15, 0.2) is 0 Å². The summed E-state index contributed by atoms with van der Waals surface area (Å²) in [5.74, 6) is -0.305. The lowest BCUT2D eigenvalue weighted by atomic mass is 10.1. The predicted octanol–water partition coefficient (Wildman–Crippen LogP) is 3.83. The van der Waals surface area contributed by atoms with Crippen LogP contribution in [0.25, 0.3) is 16.9 Å². The van der Waals surface area contributed by atoms with Gasteiger partial charge in [0, 0.05) is 23.6 Å². The minimum atomic E-state index is -0.532. The first-order chi connectivity index (χ1) is 13.6. The van der Waals surface area contributed by atoms with Gasteiger partial charge in [0.25, 0.3) is 0 Å². The van der Waals surface area contributed by atoms with E-state index in [0.717, 1.165) is 11.4 Å². The number of methoxy groups -OCH3 is 1. The van der Waals surface area contributed by atoms with Crippen LogP contribution in [0.3, 0.4) is 0 Å². The molecule has 0 fully saturated rings. The van der Waals surface area contributed by atoms with Crippen LogP contribution in [0, 0.1) is 0 Å². The van der Waals surface area contributed by atoms with Crippen molar-refractivity contribution in [2.75, 3.05) is 20.3 Å². The summed E-state index contributed by atoms with van der Waals surface area (Å²) in [6, 6.07) is 11.1. The minimum absolute atomic E-state index is 0.207. The Morgan fingerprint density at radius 2 is 1.68 bits per heavy atom. The first-order valence-corrected chi connectivity index (χ1v) is 8.98. The Bertz CT molecular complexity index is 934. The molecule has 0 spiro atoms. The van der Waals surface area contributed by atoms with Crippen LogP contribution < -0.4 is 4.74 Å². The highest BCUT2D eigenvalue weighted by Crippen LogP contribution is 2.32. The lowest BCUT2D eigenvalue weighted by molar-refractivity contribution is 0.0519. The molecule has 146 valence electrons. The van der Waals surface area contributed by atoms with E-state index in [0.29, 0.717) is 11.3 Å². The summed E-state index contributed by atoms with van der Waals surface area (Å²) in [4.78, 5) is 27.8. The van der Waals surface area contributed by atoms with Crippen molar-refractivity contribution in [3.8, 4) is 22.7 Å². The molecule has 1 aromatic carbocycles. The Kier molecular flexibility index (Phi) is 5.84. The fourth-order valence-electron chi connectivity index (χ4n) is 2.98. The lowest BCUT2D eigenvalue weighted by Crippen LogP contribution is -2.10. The van der Waals surface area contributed by atoms with Gasteiger partial charge in [-0.2, -0.15) is 0 Å². The van der Waals surface area contributed by atoms with Crippen LogP contribution in [-0.4, -0.2) is 41.8 Å². The van der Waals surface area contributed by atoms with Gasteiger partial charge in [-0.15, -0.1) is 0 Å². The maximum absolute atomic E-state index is 12.5. The highest BCUT2D eigenvalue weighted by Gasteiger charge is 2.26. The molecule has 2 aromatic heterocycles. The molecule has 7 nitrogen and oxygen atoms in total. The van der Waals surface area contributed by atoms with E-state index in [9.17, 15) is 9.59 Å². The van der Waals surface area contributed by atoms with Crippen molar-refractivity contribution in [1.29, 1.82) is 0 Å². The maximum Gasteiger partial charge on any atom is 0.355 e. The van der Waals surface area contributed by atoms with Crippen molar-refractivity contribution in [3.63, 3.8) is 0 Å². The summed E-state index contributed by atoms with van der Waals surface area (Å²) < 4.78 is 17.4. The fourth-order valence-corrected chi connectivity index (χ4v) is 2.98. The number of hydrogen-bond donors (Lipinski definition) is 1. The number of hydrogen-bond acceptors (Lipinski definition) is 5. The minimum Gasteiger partial charge on any atom is -0.497 e. The third-order valence-corrected chi connectivity index (χ3v) is 4.21. The zero-order valence-electron chi connectivity index (χ0n) is 16.0. The topological polar surface area (TPSA) is 82.5 Å². The molecule has 0 atom stereocenters. The smallest absolute Gasteiger partial charge is 0.355 e. The second-order valence-corrected chi connectivity index (χ2v) is 5.85. The van der Waals surface area contributed by atoms with Gasteiger partial charge in [-0.1, -0.05) is 0 Å². The van der Waals surface area contributed by atoms with Crippen molar-refractivity contribution in [2.45, 2.75) is 13.8 Å². The molecule has 0 aliphatic carbocycles. The Hall–Kier alpha value is -3.48. The SMILES string of the molecule is CCOC(=O)c1c[nH]c(C(=O)OCC)c1-c1cccn1-c1ccc(OC)cc1. The molecule has 0 unspecified atom stereocenters. The molecule has 0 amide bonds. The number of rotatable bonds is 7. The number of carbonyl (C=O) groups excluding carboxylic acids is 2. The maximum atomic E-state index is 12.5. The van der Waals surface area contributed by atoms with Gasteiger partial charge in [-0.05, 0) is 50.2 Å². The van der Waals surface area contributed by atoms with Gasteiger partial charge in [0.2, 0.25) is 0 Å². The molecule has 0 aliphatic rings. The largest absolute Gasteiger partial charge is 0.497 e. The van der Waals surface area contributed by atoms with Crippen LogP contribution in [0.4, 0.5) is 0 Å². The molecule has 0 bridgehead atoms. The van der Waals surface area contributed by atoms with Crippen molar-refractivity contribution >= 4 is 11.9 Å². The highest BCUT2D eigenvalue weighted by atomic mass is 16.5. The van der Waals surface area contributed by atoms with Crippen molar-refractivity contribution < 1.29 is 23.8 Å². The Morgan fingerprint density at radius 1 is 1.00 bits per heavy atom. The van der Waals surface area contributed by atoms with E-state index in [1.54, 1.807) is 21.0 Å². The number of benzene rings is 1. The molecule has 2 heterocycles. The van der Waals surface area contributed by atoms with Crippen molar-refractivity contribution in [3.05, 3.63) is 60.0 Å². The van der Waals surface area contributed by atoms with E-state index in [1.165, 1.54) is 6.20 Å².